The highest BCUT2D eigenvalue weighted by Gasteiger charge is 2.13. The Morgan fingerprint density at radius 1 is 1.35 bits per heavy atom. The maximum atomic E-state index is 11.1. The summed E-state index contributed by atoms with van der Waals surface area (Å²) in [6.07, 6.45) is 0. The zero-order valence-corrected chi connectivity index (χ0v) is 11.2. The number of hydrogen-bond donors (Lipinski definition) is 1. The van der Waals surface area contributed by atoms with Gasteiger partial charge in [0.2, 0.25) is 0 Å². The number of rotatable bonds is 3. The van der Waals surface area contributed by atoms with Gasteiger partial charge in [-0.3, -0.25) is 0 Å². The van der Waals surface area contributed by atoms with Crippen molar-refractivity contribution in [1.82, 2.24) is 4.98 Å². The van der Waals surface area contributed by atoms with Gasteiger partial charge >= 0.3 is 5.97 Å². The molecule has 100 valence electrons. The fourth-order valence-electron chi connectivity index (χ4n) is 1.93. The van der Waals surface area contributed by atoms with Gasteiger partial charge in [-0.1, -0.05) is 12.1 Å². The predicted molar refractivity (Wildman–Crippen MR) is 75.2 cm³/mol. The van der Waals surface area contributed by atoms with Gasteiger partial charge in [0, 0.05) is 12.7 Å². The number of nitrogens with zero attached hydrogens (tertiary/aromatic N) is 3. The molecule has 0 bridgehead atoms. The van der Waals surface area contributed by atoms with Crippen molar-refractivity contribution < 1.29 is 9.90 Å². The van der Waals surface area contributed by atoms with Gasteiger partial charge in [0.25, 0.3) is 0 Å². The third-order valence-electron chi connectivity index (χ3n) is 2.92. The van der Waals surface area contributed by atoms with E-state index in [-0.39, 0.29) is 5.56 Å². The van der Waals surface area contributed by atoms with Crippen molar-refractivity contribution in [3.05, 3.63) is 53.2 Å². The number of pyridine rings is 1. The van der Waals surface area contributed by atoms with Crippen molar-refractivity contribution in [2.24, 2.45) is 0 Å². The Hall–Kier alpha value is -2.87. The van der Waals surface area contributed by atoms with Crippen LogP contribution in [0.15, 0.2) is 36.4 Å². The van der Waals surface area contributed by atoms with Crippen LogP contribution in [0.1, 0.15) is 21.6 Å². The van der Waals surface area contributed by atoms with Crippen LogP contribution in [0.3, 0.4) is 0 Å². The first-order valence-corrected chi connectivity index (χ1v) is 5.98. The quantitative estimate of drug-likeness (QED) is 0.925. The molecule has 0 aliphatic carbocycles. The summed E-state index contributed by atoms with van der Waals surface area (Å²) in [5, 5.41) is 18.2. The number of carbonyl (C=O) groups is 1. The third kappa shape index (κ3) is 2.59. The number of para-hydroxylation sites is 1. The van der Waals surface area contributed by atoms with Crippen LogP contribution in [0.25, 0.3) is 0 Å². The molecular weight excluding hydrogens is 254 g/mol. The Morgan fingerprint density at radius 3 is 2.70 bits per heavy atom. The number of carboxylic acid groups (broad SMARTS) is 1. The molecule has 0 atom stereocenters. The molecule has 0 saturated heterocycles. The average molecular weight is 267 g/mol. The summed E-state index contributed by atoms with van der Waals surface area (Å²) in [7, 11) is 1.75. The summed E-state index contributed by atoms with van der Waals surface area (Å²) >= 11 is 0. The SMILES string of the molecule is Cc1cc(C(=O)O)cc(N(C)c2ccccc2C#N)n1. The highest BCUT2D eigenvalue weighted by Crippen LogP contribution is 2.26. The van der Waals surface area contributed by atoms with Gasteiger partial charge in [0.15, 0.2) is 0 Å². The highest BCUT2D eigenvalue weighted by atomic mass is 16.4. The fourth-order valence-corrected chi connectivity index (χ4v) is 1.93. The molecule has 0 spiro atoms. The maximum absolute atomic E-state index is 11.1. The van der Waals surface area contributed by atoms with Crippen molar-refractivity contribution in [1.29, 1.82) is 5.26 Å². The van der Waals surface area contributed by atoms with Crippen LogP contribution < -0.4 is 4.90 Å². The Balaban J connectivity index is 2.51. The smallest absolute Gasteiger partial charge is 0.335 e. The molecule has 0 aliphatic heterocycles. The van der Waals surface area contributed by atoms with Crippen LogP contribution >= 0.6 is 0 Å². The molecular formula is C15H13N3O2. The van der Waals surface area contributed by atoms with Gasteiger partial charge in [0.05, 0.1) is 16.8 Å². The molecule has 5 nitrogen and oxygen atoms in total. The first-order valence-electron chi connectivity index (χ1n) is 5.98. The monoisotopic (exact) mass is 267 g/mol. The molecule has 1 heterocycles. The molecule has 0 aliphatic rings. The normalized spacial score (nSPS) is 9.85. The van der Waals surface area contributed by atoms with E-state index in [1.165, 1.54) is 12.1 Å². The van der Waals surface area contributed by atoms with Crippen molar-refractivity contribution in [3.63, 3.8) is 0 Å². The second kappa shape index (κ2) is 5.41. The van der Waals surface area contributed by atoms with Gasteiger partial charge < -0.3 is 10.0 Å². The molecule has 0 amide bonds. The van der Waals surface area contributed by atoms with Gasteiger partial charge in [0.1, 0.15) is 11.9 Å². The summed E-state index contributed by atoms with van der Waals surface area (Å²) < 4.78 is 0. The van der Waals surface area contributed by atoms with Crippen LogP contribution in [-0.4, -0.2) is 23.1 Å². The van der Waals surface area contributed by atoms with Crippen LogP contribution in [-0.2, 0) is 0 Å². The number of aromatic carboxylic acids is 1. The van der Waals surface area contributed by atoms with Gasteiger partial charge in [-0.15, -0.1) is 0 Å². The van der Waals surface area contributed by atoms with E-state index < -0.39 is 5.97 Å². The Bertz CT molecular complexity index is 705. The lowest BCUT2D eigenvalue weighted by atomic mass is 10.1. The standard InChI is InChI=1S/C15H13N3O2/c1-10-7-12(15(19)20)8-14(17-10)18(2)13-6-4-3-5-11(13)9-16/h3-8H,1-2H3,(H,19,20). The Morgan fingerprint density at radius 2 is 2.05 bits per heavy atom. The summed E-state index contributed by atoms with van der Waals surface area (Å²) in [6, 6.07) is 12.2. The molecule has 0 saturated carbocycles. The number of aryl methyl sites for hydroxylation is 1. The average Bonchev–Trinajstić information content (AvgIpc) is 2.45. The minimum Gasteiger partial charge on any atom is -0.478 e. The molecule has 20 heavy (non-hydrogen) atoms. The summed E-state index contributed by atoms with van der Waals surface area (Å²) in [4.78, 5) is 17.1. The third-order valence-corrected chi connectivity index (χ3v) is 2.92. The lowest BCUT2D eigenvalue weighted by Gasteiger charge is -2.20. The zero-order chi connectivity index (χ0) is 14.7. The molecule has 1 aromatic carbocycles. The summed E-state index contributed by atoms with van der Waals surface area (Å²) in [5.74, 6) is -0.510. The molecule has 0 unspecified atom stereocenters. The van der Waals surface area contributed by atoms with E-state index in [9.17, 15) is 4.79 Å². The van der Waals surface area contributed by atoms with E-state index >= 15 is 0 Å². The van der Waals surface area contributed by atoms with Crippen molar-refractivity contribution in [3.8, 4) is 6.07 Å². The van der Waals surface area contributed by atoms with Crippen LogP contribution in [0.2, 0.25) is 0 Å². The minimum atomic E-state index is -1.00. The van der Waals surface area contributed by atoms with Gasteiger partial charge in [-0.05, 0) is 31.2 Å². The summed E-state index contributed by atoms with van der Waals surface area (Å²) in [5.41, 5.74) is 1.98. The number of nitriles is 1. The molecule has 0 radical (unpaired) electrons. The second-order valence-corrected chi connectivity index (χ2v) is 4.35. The van der Waals surface area contributed by atoms with E-state index in [4.69, 9.17) is 10.4 Å². The molecule has 1 aromatic heterocycles. The van der Waals surface area contributed by atoms with E-state index in [0.717, 1.165) is 0 Å². The zero-order valence-electron chi connectivity index (χ0n) is 11.2. The van der Waals surface area contributed by atoms with Gasteiger partial charge in [-0.25, -0.2) is 9.78 Å². The lowest BCUT2D eigenvalue weighted by molar-refractivity contribution is 0.0696. The molecule has 5 heteroatoms. The Labute approximate surface area is 116 Å². The van der Waals surface area contributed by atoms with E-state index in [1.54, 1.807) is 37.1 Å². The number of anilines is 2. The molecule has 2 aromatic rings. The second-order valence-electron chi connectivity index (χ2n) is 4.35. The van der Waals surface area contributed by atoms with E-state index in [2.05, 4.69) is 11.1 Å². The first-order chi connectivity index (χ1) is 9.52. The number of hydrogen-bond acceptors (Lipinski definition) is 4. The number of benzene rings is 1. The van der Waals surface area contributed by atoms with Crippen molar-refractivity contribution >= 4 is 17.5 Å². The predicted octanol–water partition coefficient (Wildman–Crippen LogP) is 2.73. The van der Waals surface area contributed by atoms with Crippen LogP contribution in [0.5, 0.6) is 0 Å². The first kappa shape index (κ1) is 13.6. The summed E-state index contributed by atoms with van der Waals surface area (Å²) in [6.45, 7) is 1.74. The fraction of sp³-hybridized carbons (Fsp3) is 0.133. The van der Waals surface area contributed by atoms with Crippen molar-refractivity contribution in [2.45, 2.75) is 6.92 Å². The maximum Gasteiger partial charge on any atom is 0.335 e. The van der Waals surface area contributed by atoms with E-state index in [1.807, 2.05) is 6.07 Å². The topological polar surface area (TPSA) is 77.2 Å². The number of carboxylic acids is 1. The minimum absolute atomic E-state index is 0.175. The molecule has 1 N–H and O–H groups in total. The Kier molecular flexibility index (Phi) is 3.67. The van der Waals surface area contributed by atoms with Crippen molar-refractivity contribution in [2.75, 3.05) is 11.9 Å². The van der Waals surface area contributed by atoms with Crippen LogP contribution in [0.4, 0.5) is 11.5 Å². The van der Waals surface area contributed by atoms with Gasteiger partial charge in [-0.2, -0.15) is 5.26 Å². The largest absolute Gasteiger partial charge is 0.478 e. The number of aromatic nitrogens is 1. The van der Waals surface area contributed by atoms with Crippen LogP contribution in [0, 0.1) is 18.3 Å². The molecule has 0 fully saturated rings. The highest BCUT2D eigenvalue weighted by molar-refractivity contribution is 5.89. The lowest BCUT2D eigenvalue weighted by Crippen LogP contribution is -2.14. The van der Waals surface area contributed by atoms with E-state index in [0.29, 0.717) is 22.8 Å². The molecule has 2 rings (SSSR count).